The lowest BCUT2D eigenvalue weighted by Crippen LogP contribution is -1.95. The van der Waals surface area contributed by atoms with Gasteiger partial charge in [0.15, 0.2) is 0 Å². The van der Waals surface area contributed by atoms with Crippen LogP contribution in [0, 0.1) is 13.8 Å². The largest absolute Gasteiger partial charge is 0.508 e. The summed E-state index contributed by atoms with van der Waals surface area (Å²) in [5.41, 5.74) is 3.50. The minimum Gasteiger partial charge on any atom is -0.508 e. The van der Waals surface area contributed by atoms with Crippen molar-refractivity contribution in [3.63, 3.8) is 0 Å². The van der Waals surface area contributed by atoms with Crippen molar-refractivity contribution in [2.24, 2.45) is 0 Å². The smallest absolute Gasteiger partial charge is 0.300 e. The molecule has 2 rings (SSSR count). The number of phenolic OH excluding ortho intramolecular Hbond substituents is 1. The molecule has 132 valence electrons. The van der Waals surface area contributed by atoms with E-state index in [-0.39, 0.29) is 13.2 Å². The van der Waals surface area contributed by atoms with Crippen molar-refractivity contribution in [2.75, 3.05) is 0 Å². The van der Waals surface area contributed by atoms with Gasteiger partial charge in [0.1, 0.15) is 11.5 Å². The maximum absolute atomic E-state index is 10.7. The zero-order valence-electron chi connectivity index (χ0n) is 14.0. The van der Waals surface area contributed by atoms with Gasteiger partial charge >= 0.3 is 0 Å². The highest BCUT2D eigenvalue weighted by molar-refractivity contribution is 5.78. The van der Waals surface area contributed by atoms with Gasteiger partial charge in [0.05, 0.1) is 0 Å². The average molecular weight is 332 g/mol. The van der Waals surface area contributed by atoms with E-state index in [4.69, 9.17) is 15.0 Å². The van der Waals surface area contributed by atoms with Crippen molar-refractivity contribution in [3.05, 3.63) is 65.2 Å². The van der Waals surface area contributed by atoms with Gasteiger partial charge < -0.3 is 10.2 Å². The molecule has 2 aromatic rings. The van der Waals surface area contributed by atoms with Crippen LogP contribution in [0.1, 0.15) is 38.0 Å². The number of hydrogen-bond acceptors (Lipinski definition) is 3. The molecule has 0 saturated carbocycles. The molecule has 4 heteroatoms. The van der Waals surface area contributed by atoms with Crippen molar-refractivity contribution in [2.45, 2.75) is 41.5 Å². The van der Waals surface area contributed by atoms with Gasteiger partial charge in [0.25, 0.3) is 5.97 Å². The Morgan fingerprint density at radius 2 is 1.17 bits per heavy atom. The highest BCUT2D eigenvalue weighted by Crippen LogP contribution is 2.07. The monoisotopic (exact) mass is 332 g/mol. The van der Waals surface area contributed by atoms with Crippen molar-refractivity contribution in [1.82, 2.24) is 0 Å². The van der Waals surface area contributed by atoms with Crippen LogP contribution in [0.2, 0.25) is 0 Å². The Balaban J connectivity index is 0. The van der Waals surface area contributed by atoms with Crippen molar-refractivity contribution < 1.29 is 19.8 Å². The predicted octanol–water partition coefficient (Wildman–Crippen LogP) is 4.55. The molecule has 0 aliphatic heterocycles. The number of carboxylic acids is 1. The number of benzene rings is 2. The Labute approximate surface area is 144 Å². The first-order valence-electron chi connectivity index (χ1n) is 7.21. The number of aryl methyl sites for hydroxylation is 2. The first-order valence-corrected chi connectivity index (χ1v) is 7.21. The summed E-state index contributed by atoms with van der Waals surface area (Å²) in [6.45, 7) is 6.72. The fourth-order valence-electron chi connectivity index (χ4n) is 1.54. The summed E-state index contributed by atoms with van der Waals surface area (Å²) in [6.07, 6.45) is 0.556. The molecule has 0 bridgehead atoms. The van der Waals surface area contributed by atoms with Gasteiger partial charge in [0.2, 0.25) is 0 Å². The number of rotatable bonds is 2. The van der Waals surface area contributed by atoms with Gasteiger partial charge in [0, 0.05) is 13.3 Å². The average Bonchev–Trinajstić information content (AvgIpc) is 2.44. The molecule has 0 heterocycles. The van der Waals surface area contributed by atoms with Crippen LogP contribution < -0.4 is 0 Å². The van der Waals surface area contributed by atoms with E-state index in [0.29, 0.717) is 12.2 Å². The van der Waals surface area contributed by atoms with Crippen LogP contribution in [0.5, 0.6) is 5.75 Å². The molecule has 0 amide bonds. The van der Waals surface area contributed by atoms with Crippen molar-refractivity contribution >= 4 is 11.8 Å². The van der Waals surface area contributed by atoms with Crippen LogP contribution in [0.25, 0.3) is 0 Å². The number of ketones is 1. The van der Waals surface area contributed by atoms with Crippen molar-refractivity contribution in [1.29, 1.82) is 0 Å². The van der Waals surface area contributed by atoms with E-state index >= 15 is 0 Å². The number of aromatic hydroxyl groups is 1. The molecule has 0 atom stereocenters. The van der Waals surface area contributed by atoms with Crippen LogP contribution in [0.15, 0.2) is 48.5 Å². The number of hydrogen-bond donors (Lipinski definition) is 2. The zero-order chi connectivity index (χ0) is 17.8. The predicted molar refractivity (Wildman–Crippen MR) is 98.4 cm³/mol. The molecule has 0 fully saturated rings. The molecule has 0 aromatic heterocycles. The molecule has 2 N–H and O–H groups in total. The summed E-state index contributed by atoms with van der Waals surface area (Å²) in [5, 5.41) is 16.2. The second-order valence-corrected chi connectivity index (χ2v) is 5.22. The third-order valence-corrected chi connectivity index (χ3v) is 2.61. The second kappa shape index (κ2) is 12.9. The molecule has 4 nitrogen and oxygen atoms in total. The summed E-state index contributed by atoms with van der Waals surface area (Å²) in [4.78, 5) is 19.7. The number of carboxylic acid groups (broad SMARTS) is 1. The third kappa shape index (κ3) is 14.3. The molecule has 0 saturated heterocycles. The maximum Gasteiger partial charge on any atom is 0.300 e. The number of Topliss-reactive ketones (excluding diaryl/α,β-unsaturated/α-hetero) is 1. The Bertz CT molecular complexity index is 574. The summed E-state index contributed by atoms with van der Waals surface area (Å²) in [5.74, 6) is -0.288. The van der Waals surface area contributed by atoms with Gasteiger partial charge in [-0.3, -0.25) is 9.59 Å². The van der Waals surface area contributed by atoms with E-state index < -0.39 is 5.97 Å². The van der Waals surface area contributed by atoms with E-state index in [0.717, 1.165) is 12.5 Å². The Morgan fingerprint density at radius 3 is 1.46 bits per heavy atom. The molecule has 0 aliphatic carbocycles. The summed E-state index contributed by atoms with van der Waals surface area (Å²) >= 11 is 0. The molecule has 0 aliphatic rings. The molecule has 0 unspecified atom stereocenters. The normalized spacial score (nSPS) is 8.50. The summed E-state index contributed by atoms with van der Waals surface area (Å²) < 4.78 is 0. The fraction of sp³-hybridized carbons (Fsp3) is 0.300. The molecule has 0 spiro atoms. The lowest BCUT2D eigenvalue weighted by atomic mass is 10.1. The highest BCUT2D eigenvalue weighted by atomic mass is 16.4. The molecular formula is C20H28O4. The zero-order valence-corrected chi connectivity index (χ0v) is 14.0. The van der Waals surface area contributed by atoms with E-state index in [2.05, 4.69) is 0 Å². The van der Waals surface area contributed by atoms with Gasteiger partial charge in [-0.05, 0) is 38.5 Å². The van der Waals surface area contributed by atoms with Crippen LogP contribution in [-0.2, 0) is 16.0 Å². The summed E-state index contributed by atoms with van der Waals surface area (Å²) in [6, 6.07) is 15.1. The number of aliphatic carboxylic acids is 1. The van der Waals surface area contributed by atoms with Crippen LogP contribution >= 0.6 is 0 Å². The third-order valence-electron chi connectivity index (χ3n) is 2.61. The first-order chi connectivity index (χ1) is 10.7. The Kier molecular flexibility index (Phi) is 12.7. The van der Waals surface area contributed by atoms with Crippen LogP contribution in [0.4, 0.5) is 0 Å². The van der Waals surface area contributed by atoms with E-state index in [1.54, 1.807) is 19.1 Å². The molecule has 24 heavy (non-hydrogen) atoms. The minimum atomic E-state index is -0.833. The van der Waals surface area contributed by atoms with Crippen LogP contribution in [0.3, 0.4) is 0 Å². The Hall–Kier alpha value is -2.62. The fourth-order valence-corrected chi connectivity index (χ4v) is 1.54. The van der Waals surface area contributed by atoms with Gasteiger partial charge in [-0.25, -0.2) is 0 Å². The minimum absolute atomic E-state index is 0. The molecule has 2 aromatic carbocycles. The lowest BCUT2D eigenvalue weighted by molar-refractivity contribution is -0.134. The SMILES string of the molecule is C.CC(=O)Cc1ccc(C)cc1.CC(=O)O.Cc1ccc(O)cc1. The van der Waals surface area contributed by atoms with Crippen LogP contribution in [-0.4, -0.2) is 22.0 Å². The van der Waals surface area contributed by atoms with Gasteiger partial charge in [-0.15, -0.1) is 0 Å². The second-order valence-electron chi connectivity index (χ2n) is 5.22. The standard InChI is InChI=1S/C10H12O.C7H8O.C2H4O2.CH4/c1-8-3-5-10(6-4-8)7-9(2)11;1-6-2-4-7(8)5-3-6;1-2(3)4;/h3-6H,7H2,1-2H3;2-5,8H,1H3;1H3,(H,3,4);1H4. The highest BCUT2D eigenvalue weighted by Gasteiger charge is 1.95. The molecule has 0 radical (unpaired) electrons. The lowest BCUT2D eigenvalue weighted by Gasteiger charge is -1.96. The first kappa shape index (κ1) is 23.6. The number of carbonyl (C=O) groups excluding carboxylic acids is 1. The van der Waals surface area contributed by atoms with Gasteiger partial charge in [-0.1, -0.05) is 55.0 Å². The van der Waals surface area contributed by atoms with Gasteiger partial charge in [-0.2, -0.15) is 0 Å². The van der Waals surface area contributed by atoms with Crippen molar-refractivity contribution in [3.8, 4) is 5.75 Å². The summed E-state index contributed by atoms with van der Waals surface area (Å²) in [7, 11) is 0. The van der Waals surface area contributed by atoms with E-state index in [9.17, 15) is 4.79 Å². The quantitative estimate of drug-likeness (QED) is 0.846. The number of phenols is 1. The molecular weight excluding hydrogens is 304 g/mol. The van der Waals surface area contributed by atoms with E-state index in [1.165, 1.54) is 11.1 Å². The van der Waals surface area contributed by atoms with E-state index in [1.807, 2.05) is 50.2 Å². The Morgan fingerprint density at radius 1 is 0.833 bits per heavy atom. The topological polar surface area (TPSA) is 74.6 Å². The number of carbonyl (C=O) groups is 2. The maximum atomic E-state index is 10.7.